The van der Waals surface area contributed by atoms with Crippen molar-refractivity contribution in [3.05, 3.63) is 36.2 Å². The van der Waals surface area contributed by atoms with Crippen LogP contribution in [0.5, 0.6) is 5.75 Å². The van der Waals surface area contributed by atoms with Crippen LogP contribution in [-0.2, 0) is 4.79 Å². The Balaban J connectivity index is 2.41. The quantitative estimate of drug-likeness (QED) is 0.618. The molecule has 22 heavy (non-hydrogen) atoms. The third kappa shape index (κ3) is 2.90. The molecule has 6 heteroatoms. The van der Waals surface area contributed by atoms with Crippen molar-refractivity contribution in [2.24, 2.45) is 0 Å². The molecule has 0 unspecified atom stereocenters. The SMILES string of the molecule is CCOc1ccc(N2C(=O)N(CC)C(=O)C2=CN(C)C)cc1. The van der Waals surface area contributed by atoms with Gasteiger partial charge >= 0.3 is 6.03 Å². The molecule has 1 aromatic rings. The van der Waals surface area contributed by atoms with Crippen molar-refractivity contribution in [1.29, 1.82) is 0 Å². The highest BCUT2D eigenvalue weighted by atomic mass is 16.5. The molecule has 0 spiro atoms. The molecule has 1 heterocycles. The number of likely N-dealkylation sites (N-methyl/N-ethyl adjacent to an activating group) is 1. The number of carbonyl (C=O) groups is 2. The molecule has 3 amide bonds. The molecule has 2 rings (SSSR count). The number of anilines is 1. The zero-order valence-corrected chi connectivity index (χ0v) is 13.4. The summed E-state index contributed by atoms with van der Waals surface area (Å²) in [5.41, 5.74) is 0.992. The van der Waals surface area contributed by atoms with E-state index in [9.17, 15) is 9.59 Å². The van der Waals surface area contributed by atoms with Crippen LogP contribution in [0.25, 0.3) is 0 Å². The molecule has 1 aromatic carbocycles. The van der Waals surface area contributed by atoms with E-state index >= 15 is 0 Å². The van der Waals surface area contributed by atoms with Crippen LogP contribution < -0.4 is 9.64 Å². The van der Waals surface area contributed by atoms with Crippen LogP contribution in [0.1, 0.15) is 13.8 Å². The Labute approximate surface area is 130 Å². The Bertz CT molecular complexity index is 593. The number of carbonyl (C=O) groups excluding carboxylic acids is 2. The van der Waals surface area contributed by atoms with Crippen molar-refractivity contribution >= 4 is 17.6 Å². The number of ether oxygens (including phenoxy) is 1. The van der Waals surface area contributed by atoms with Crippen molar-refractivity contribution in [2.75, 3.05) is 32.1 Å². The van der Waals surface area contributed by atoms with Crippen LogP contribution in [0, 0.1) is 0 Å². The van der Waals surface area contributed by atoms with Gasteiger partial charge in [-0.15, -0.1) is 0 Å². The fraction of sp³-hybridized carbons (Fsp3) is 0.375. The van der Waals surface area contributed by atoms with E-state index in [-0.39, 0.29) is 11.9 Å². The summed E-state index contributed by atoms with van der Waals surface area (Å²) in [6.45, 7) is 4.62. The number of hydrogen-bond acceptors (Lipinski definition) is 4. The Morgan fingerprint density at radius 2 is 1.77 bits per heavy atom. The predicted octanol–water partition coefficient (Wildman–Crippen LogP) is 2.28. The van der Waals surface area contributed by atoms with Gasteiger partial charge in [0, 0.05) is 26.8 Å². The summed E-state index contributed by atoms with van der Waals surface area (Å²) in [7, 11) is 3.63. The molecule has 1 saturated heterocycles. The minimum atomic E-state index is -0.329. The average Bonchev–Trinajstić information content (AvgIpc) is 2.71. The van der Waals surface area contributed by atoms with Gasteiger partial charge in [-0.2, -0.15) is 0 Å². The summed E-state index contributed by atoms with van der Waals surface area (Å²) in [5.74, 6) is 0.449. The Hall–Kier alpha value is -2.50. The van der Waals surface area contributed by atoms with E-state index < -0.39 is 0 Å². The molecular weight excluding hydrogens is 282 g/mol. The lowest BCUT2D eigenvalue weighted by Gasteiger charge is -2.18. The summed E-state index contributed by atoms with van der Waals surface area (Å²) in [6, 6.07) is 6.80. The van der Waals surface area contributed by atoms with E-state index in [4.69, 9.17) is 4.74 Å². The number of amides is 3. The first-order valence-electron chi connectivity index (χ1n) is 7.26. The Morgan fingerprint density at radius 3 is 2.27 bits per heavy atom. The number of imide groups is 1. The molecule has 0 atom stereocenters. The first kappa shape index (κ1) is 15.9. The number of benzene rings is 1. The van der Waals surface area contributed by atoms with Crippen LogP contribution in [-0.4, -0.2) is 49.0 Å². The Kier molecular flexibility index (Phi) is 4.70. The summed E-state index contributed by atoms with van der Waals surface area (Å²) < 4.78 is 5.40. The van der Waals surface area contributed by atoms with E-state index in [1.54, 1.807) is 42.3 Å². The van der Waals surface area contributed by atoms with Crippen LogP contribution in [0.2, 0.25) is 0 Å². The van der Waals surface area contributed by atoms with Gasteiger partial charge in [-0.05, 0) is 38.1 Å². The summed E-state index contributed by atoms with van der Waals surface area (Å²) in [6.07, 6.45) is 1.66. The van der Waals surface area contributed by atoms with Gasteiger partial charge in [0.05, 0.1) is 12.3 Å². The van der Waals surface area contributed by atoms with Gasteiger partial charge in [0.1, 0.15) is 11.4 Å². The lowest BCUT2D eigenvalue weighted by molar-refractivity contribution is -0.122. The fourth-order valence-corrected chi connectivity index (χ4v) is 2.29. The highest BCUT2D eigenvalue weighted by Gasteiger charge is 2.41. The van der Waals surface area contributed by atoms with Gasteiger partial charge < -0.3 is 9.64 Å². The van der Waals surface area contributed by atoms with Gasteiger partial charge in [0.15, 0.2) is 0 Å². The minimum Gasteiger partial charge on any atom is -0.494 e. The molecule has 0 saturated carbocycles. The maximum absolute atomic E-state index is 12.5. The first-order valence-corrected chi connectivity index (χ1v) is 7.26. The van der Waals surface area contributed by atoms with E-state index in [0.717, 1.165) is 5.75 Å². The summed E-state index contributed by atoms with van der Waals surface area (Å²) in [4.78, 5) is 29.3. The van der Waals surface area contributed by atoms with Crippen molar-refractivity contribution in [1.82, 2.24) is 9.80 Å². The van der Waals surface area contributed by atoms with Crippen molar-refractivity contribution in [3.8, 4) is 5.75 Å². The zero-order chi connectivity index (χ0) is 16.3. The van der Waals surface area contributed by atoms with Gasteiger partial charge in [0.2, 0.25) is 0 Å². The first-order chi connectivity index (χ1) is 10.5. The van der Waals surface area contributed by atoms with E-state index in [1.165, 1.54) is 9.80 Å². The molecule has 0 radical (unpaired) electrons. The fourth-order valence-electron chi connectivity index (χ4n) is 2.29. The van der Waals surface area contributed by atoms with Gasteiger partial charge in [-0.1, -0.05) is 0 Å². The van der Waals surface area contributed by atoms with Crippen LogP contribution in [0.3, 0.4) is 0 Å². The standard InChI is InChI=1S/C16H21N3O3/c1-5-18-15(20)14(11-17(3)4)19(16(18)21)12-7-9-13(10-8-12)22-6-2/h7-11H,5-6H2,1-4H3. The average molecular weight is 303 g/mol. The second-order valence-corrected chi connectivity index (χ2v) is 5.07. The van der Waals surface area contributed by atoms with Gasteiger partial charge in [-0.25, -0.2) is 4.79 Å². The highest BCUT2D eigenvalue weighted by molar-refractivity contribution is 6.21. The maximum atomic E-state index is 12.5. The molecule has 118 valence electrons. The lowest BCUT2D eigenvalue weighted by Crippen LogP contribution is -2.32. The molecule has 1 fully saturated rings. The largest absolute Gasteiger partial charge is 0.494 e. The molecule has 1 aliphatic heterocycles. The van der Waals surface area contributed by atoms with E-state index in [2.05, 4.69) is 0 Å². The zero-order valence-electron chi connectivity index (χ0n) is 13.4. The molecule has 0 aromatic heterocycles. The summed E-state index contributed by atoms with van der Waals surface area (Å²) >= 11 is 0. The highest BCUT2D eigenvalue weighted by Crippen LogP contribution is 2.29. The smallest absolute Gasteiger partial charge is 0.336 e. The molecule has 0 N–H and O–H groups in total. The van der Waals surface area contributed by atoms with Crippen LogP contribution >= 0.6 is 0 Å². The third-order valence-electron chi connectivity index (χ3n) is 3.23. The second-order valence-electron chi connectivity index (χ2n) is 5.07. The third-order valence-corrected chi connectivity index (χ3v) is 3.23. The topological polar surface area (TPSA) is 53.1 Å². The maximum Gasteiger partial charge on any atom is 0.336 e. The number of hydrogen-bond donors (Lipinski definition) is 0. The minimum absolute atomic E-state index is 0.282. The molecule has 1 aliphatic rings. The van der Waals surface area contributed by atoms with E-state index in [0.29, 0.717) is 24.5 Å². The van der Waals surface area contributed by atoms with Crippen molar-refractivity contribution in [2.45, 2.75) is 13.8 Å². The monoisotopic (exact) mass is 303 g/mol. The predicted molar refractivity (Wildman–Crippen MR) is 84.6 cm³/mol. The van der Waals surface area contributed by atoms with Crippen molar-refractivity contribution in [3.63, 3.8) is 0 Å². The summed E-state index contributed by atoms with van der Waals surface area (Å²) in [5, 5.41) is 0. The normalized spacial score (nSPS) is 16.6. The van der Waals surface area contributed by atoms with Gasteiger partial charge in [-0.3, -0.25) is 14.6 Å². The van der Waals surface area contributed by atoms with E-state index in [1.807, 2.05) is 21.0 Å². The molecule has 0 bridgehead atoms. The number of rotatable bonds is 5. The molecule has 0 aliphatic carbocycles. The number of urea groups is 1. The van der Waals surface area contributed by atoms with Crippen molar-refractivity contribution < 1.29 is 14.3 Å². The number of nitrogens with zero attached hydrogens (tertiary/aromatic N) is 3. The van der Waals surface area contributed by atoms with Crippen LogP contribution in [0.4, 0.5) is 10.5 Å². The van der Waals surface area contributed by atoms with Gasteiger partial charge in [0.25, 0.3) is 5.91 Å². The second kappa shape index (κ2) is 6.51. The lowest BCUT2D eigenvalue weighted by atomic mass is 10.2. The Morgan fingerprint density at radius 1 is 1.14 bits per heavy atom. The van der Waals surface area contributed by atoms with Crippen LogP contribution in [0.15, 0.2) is 36.2 Å². The molecular formula is C16H21N3O3. The molecule has 6 nitrogen and oxygen atoms in total.